The Labute approximate surface area is 93.2 Å². The molecular formula is C11H14N2OS. The number of anilines is 1. The van der Waals surface area contributed by atoms with Gasteiger partial charge in [0.15, 0.2) is 5.13 Å². The van der Waals surface area contributed by atoms with Crippen LogP contribution in [0.1, 0.15) is 23.3 Å². The van der Waals surface area contributed by atoms with Gasteiger partial charge in [0.2, 0.25) is 0 Å². The molecule has 15 heavy (non-hydrogen) atoms. The normalized spacial score (nSPS) is 10.5. The lowest BCUT2D eigenvalue weighted by molar-refractivity contribution is 0.476. The standard InChI is InChI=1S/C11H14N2OS/c1-3-9-4-5-10(14-9)7-13-11-12-6-8(2)15-11/h4-6H,3,7H2,1-2H3,(H,12,13). The first-order valence-electron chi connectivity index (χ1n) is 5.02. The zero-order valence-corrected chi connectivity index (χ0v) is 9.73. The van der Waals surface area contributed by atoms with E-state index < -0.39 is 0 Å². The molecule has 0 saturated carbocycles. The fourth-order valence-electron chi connectivity index (χ4n) is 1.31. The third kappa shape index (κ3) is 2.59. The number of hydrogen-bond acceptors (Lipinski definition) is 4. The lowest BCUT2D eigenvalue weighted by Gasteiger charge is -1.98. The van der Waals surface area contributed by atoms with Crippen molar-refractivity contribution in [3.8, 4) is 0 Å². The zero-order chi connectivity index (χ0) is 10.7. The van der Waals surface area contributed by atoms with Gasteiger partial charge in [0.25, 0.3) is 0 Å². The predicted octanol–water partition coefficient (Wildman–Crippen LogP) is 3.22. The molecule has 2 rings (SSSR count). The zero-order valence-electron chi connectivity index (χ0n) is 8.91. The summed E-state index contributed by atoms with van der Waals surface area (Å²) >= 11 is 1.66. The Bertz CT molecular complexity index is 433. The van der Waals surface area contributed by atoms with Gasteiger partial charge < -0.3 is 9.73 Å². The molecule has 0 unspecified atom stereocenters. The molecule has 0 spiro atoms. The van der Waals surface area contributed by atoms with E-state index in [4.69, 9.17) is 4.42 Å². The van der Waals surface area contributed by atoms with Crippen LogP contribution in [0.5, 0.6) is 0 Å². The Morgan fingerprint density at radius 2 is 2.20 bits per heavy atom. The second-order valence-electron chi connectivity index (χ2n) is 3.35. The SMILES string of the molecule is CCc1ccc(CNc2ncc(C)s2)o1. The van der Waals surface area contributed by atoms with Gasteiger partial charge in [-0.2, -0.15) is 0 Å². The predicted molar refractivity (Wildman–Crippen MR) is 62.3 cm³/mol. The van der Waals surface area contributed by atoms with Crippen molar-refractivity contribution >= 4 is 16.5 Å². The summed E-state index contributed by atoms with van der Waals surface area (Å²) in [6.07, 6.45) is 2.81. The number of nitrogens with zero attached hydrogens (tertiary/aromatic N) is 1. The van der Waals surface area contributed by atoms with Crippen LogP contribution < -0.4 is 5.32 Å². The number of hydrogen-bond donors (Lipinski definition) is 1. The molecule has 0 amide bonds. The van der Waals surface area contributed by atoms with Gasteiger partial charge in [0.1, 0.15) is 11.5 Å². The van der Waals surface area contributed by atoms with Crippen molar-refractivity contribution < 1.29 is 4.42 Å². The molecule has 0 radical (unpaired) electrons. The molecule has 0 aliphatic rings. The number of rotatable bonds is 4. The highest BCUT2D eigenvalue weighted by Crippen LogP contribution is 2.18. The summed E-state index contributed by atoms with van der Waals surface area (Å²) in [5.41, 5.74) is 0. The van der Waals surface area contributed by atoms with E-state index in [2.05, 4.69) is 17.2 Å². The lowest BCUT2D eigenvalue weighted by Crippen LogP contribution is -1.96. The first-order chi connectivity index (χ1) is 7.28. The molecule has 0 saturated heterocycles. The number of aryl methyl sites for hydroxylation is 2. The van der Waals surface area contributed by atoms with Crippen LogP contribution in [0.3, 0.4) is 0 Å². The number of furan rings is 1. The number of aromatic nitrogens is 1. The summed E-state index contributed by atoms with van der Waals surface area (Å²) in [4.78, 5) is 5.44. The molecule has 2 aromatic heterocycles. The first-order valence-corrected chi connectivity index (χ1v) is 5.83. The van der Waals surface area contributed by atoms with Gasteiger partial charge >= 0.3 is 0 Å². The Hall–Kier alpha value is -1.29. The molecule has 0 fully saturated rings. The molecule has 0 aromatic carbocycles. The molecule has 80 valence electrons. The minimum Gasteiger partial charge on any atom is -0.464 e. The van der Waals surface area contributed by atoms with Gasteiger partial charge in [0, 0.05) is 17.5 Å². The van der Waals surface area contributed by atoms with Gasteiger partial charge in [-0.25, -0.2) is 4.98 Å². The Balaban J connectivity index is 1.93. The van der Waals surface area contributed by atoms with Crippen molar-refractivity contribution in [2.75, 3.05) is 5.32 Å². The highest BCUT2D eigenvalue weighted by molar-refractivity contribution is 7.15. The van der Waals surface area contributed by atoms with E-state index in [1.165, 1.54) is 4.88 Å². The van der Waals surface area contributed by atoms with Crippen molar-refractivity contribution in [2.24, 2.45) is 0 Å². The molecular weight excluding hydrogens is 208 g/mol. The molecule has 1 N–H and O–H groups in total. The molecule has 0 bridgehead atoms. The average Bonchev–Trinajstić information content (AvgIpc) is 2.83. The fourth-order valence-corrected chi connectivity index (χ4v) is 1.97. The van der Waals surface area contributed by atoms with Crippen molar-refractivity contribution in [3.05, 3.63) is 34.7 Å². The maximum absolute atomic E-state index is 5.58. The molecule has 2 aromatic rings. The smallest absolute Gasteiger partial charge is 0.183 e. The van der Waals surface area contributed by atoms with E-state index >= 15 is 0 Å². The summed E-state index contributed by atoms with van der Waals surface area (Å²) in [7, 11) is 0. The summed E-state index contributed by atoms with van der Waals surface area (Å²) in [5, 5.41) is 4.18. The topological polar surface area (TPSA) is 38.1 Å². The highest BCUT2D eigenvalue weighted by Gasteiger charge is 2.02. The first kappa shape index (κ1) is 10.2. The number of thiazole rings is 1. The molecule has 3 nitrogen and oxygen atoms in total. The van der Waals surface area contributed by atoms with Crippen LogP contribution in [0.15, 0.2) is 22.7 Å². The second-order valence-corrected chi connectivity index (χ2v) is 4.59. The largest absolute Gasteiger partial charge is 0.464 e. The van der Waals surface area contributed by atoms with E-state index in [9.17, 15) is 0 Å². The third-order valence-electron chi connectivity index (χ3n) is 2.10. The van der Waals surface area contributed by atoms with E-state index in [1.807, 2.05) is 25.3 Å². The van der Waals surface area contributed by atoms with Crippen molar-refractivity contribution in [2.45, 2.75) is 26.8 Å². The average molecular weight is 222 g/mol. The maximum Gasteiger partial charge on any atom is 0.183 e. The summed E-state index contributed by atoms with van der Waals surface area (Å²) in [6, 6.07) is 4.02. The van der Waals surface area contributed by atoms with Crippen molar-refractivity contribution in [1.82, 2.24) is 4.98 Å². The summed E-state index contributed by atoms with van der Waals surface area (Å²) < 4.78 is 5.58. The maximum atomic E-state index is 5.58. The Kier molecular flexibility index (Phi) is 3.06. The van der Waals surface area contributed by atoms with Gasteiger partial charge in [-0.3, -0.25) is 0 Å². The van der Waals surface area contributed by atoms with Crippen LogP contribution in [-0.2, 0) is 13.0 Å². The van der Waals surface area contributed by atoms with Gasteiger partial charge in [-0.1, -0.05) is 6.92 Å². The van der Waals surface area contributed by atoms with Gasteiger partial charge in [-0.05, 0) is 19.1 Å². The molecule has 4 heteroatoms. The van der Waals surface area contributed by atoms with Gasteiger partial charge in [0.05, 0.1) is 6.54 Å². The molecule has 0 atom stereocenters. The van der Waals surface area contributed by atoms with Crippen LogP contribution in [-0.4, -0.2) is 4.98 Å². The van der Waals surface area contributed by atoms with Crippen LogP contribution in [0.2, 0.25) is 0 Å². The molecule has 0 aliphatic carbocycles. The minimum atomic E-state index is 0.701. The van der Waals surface area contributed by atoms with Crippen LogP contribution in [0.25, 0.3) is 0 Å². The quantitative estimate of drug-likeness (QED) is 0.863. The van der Waals surface area contributed by atoms with Crippen molar-refractivity contribution in [1.29, 1.82) is 0 Å². The van der Waals surface area contributed by atoms with E-state index in [1.54, 1.807) is 11.3 Å². The summed E-state index contributed by atoms with van der Waals surface area (Å²) in [6.45, 7) is 4.83. The molecule has 2 heterocycles. The van der Waals surface area contributed by atoms with Crippen LogP contribution in [0.4, 0.5) is 5.13 Å². The van der Waals surface area contributed by atoms with E-state index in [-0.39, 0.29) is 0 Å². The molecule has 0 aliphatic heterocycles. The van der Waals surface area contributed by atoms with E-state index in [0.29, 0.717) is 6.54 Å². The number of nitrogens with one attached hydrogen (secondary N) is 1. The second kappa shape index (κ2) is 4.49. The monoisotopic (exact) mass is 222 g/mol. The Morgan fingerprint density at radius 3 is 2.80 bits per heavy atom. The third-order valence-corrected chi connectivity index (χ3v) is 2.97. The van der Waals surface area contributed by atoms with E-state index in [0.717, 1.165) is 23.1 Å². The Morgan fingerprint density at radius 1 is 1.40 bits per heavy atom. The van der Waals surface area contributed by atoms with Crippen molar-refractivity contribution in [3.63, 3.8) is 0 Å². The van der Waals surface area contributed by atoms with Gasteiger partial charge in [-0.15, -0.1) is 11.3 Å². The minimum absolute atomic E-state index is 0.701. The fraction of sp³-hybridized carbons (Fsp3) is 0.364. The van der Waals surface area contributed by atoms with Crippen LogP contribution in [0, 0.1) is 6.92 Å². The lowest BCUT2D eigenvalue weighted by atomic mass is 10.3. The summed E-state index contributed by atoms with van der Waals surface area (Å²) in [5.74, 6) is 1.99. The highest BCUT2D eigenvalue weighted by atomic mass is 32.1. The van der Waals surface area contributed by atoms with Crippen LogP contribution >= 0.6 is 11.3 Å².